The van der Waals surface area contributed by atoms with Crippen molar-refractivity contribution in [2.45, 2.75) is 6.42 Å². The number of pyridine rings is 1. The van der Waals surface area contributed by atoms with E-state index >= 15 is 0 Å². The molecule has 0 saturated heterocycles. The van der Waals surface area contributed by atoms with Crippen LogP contribution in [-0.4, -0.2) is 14.1 Å². The number of benzene rings is 5. The van der Waals surface area contributed by atoms with E-state index in [1.165, 1.54) is 10.8 Å². The van der Waals surface area contributed by atoms with Crippen molar-refractivity contribution in [1.29, 1.82) is 0 Å². The minimum absolute atomic E-state index is 0. The third kappa shape index (κ3) is 4.45. The fourth-order valence-corrected chi connectivity index (χ4v) is 5.71. The molecule has 204 valence electrons. The number of hydrogen-bond donors (Lipinski definition) is 0. The van der Waals surface area contributed by atoms with E-state index in [0.717, 1.165) is 50.4 Å². The zero-order valence-corrected chi connectivity index (χ0v) is 24.8. The zero-order chi connectivity index (χ0) is 27.2. The molecule has 0 aliphatic rings. The molecule has 0 N–H and O–H groups in total. The average molecular weight is 720 g/mol. The SMILES string of the molecule is [Pt].[c-]1c(Cc2[c-]c3c(cc2)c2ccccc2n3-c2ccccn2)cccc1-n1[c-][n+](-c2ccccc2)c2ccccc21. The van der Waals surface area contributed by atoms with Gasteiger partial charge in [-0.15, -0.1) is 5.39 Å². The number of fused-ring (bicyclic) bond motifs is 4. The van der Waals surface area contributed by atoms with Crippen LogP contribution in [0.3, 0.4) is 0 Å². The monoisotopic (exact) mass is 719 g/mol. The molecule has 8 aromatic rings. The van der Waals surface area contributed by atoms with Gasteiger partial charge in [-0.05, 0) is 47.8 Å². The number of imidazole rings is 1. The maximum Gasteiger partial charge on any atom is 0.268 e. The van der Waals surface area contributed by atoms with Gasteiger partial charge in [0.15, 0.2) is 0 Å². The van der Waals surface area contributed by atoms with Crippen LogP contribution in [0.4, 0.5) is 0 Å². The third-order valence-corrected chi connectivity index (χ3v) is 7.56. The van der Waals surface area contributed by atoms with Gasteiger partial charge in [-0.2, -0.15) is 53.6 Å². The quantitative estimate of drug-likeness (QED) is 0.135. The Bertz CT molecular complexity index is 2180. The summed E-state index contributed by atoms with van der Waals surface area (Å²) >= 11 is 0. The van der Waals surface area contributed by atoms with Crippen LogP contribution in [0, 0.1) is 18.5 Å². The van der Waals surface area contributed by atoms with Gasteiger partial charge in [-0.1, -0.05) is 72.2 Å². The molecule has 42 heavy (non-hydrogen) atoms. The number of nitrogens with zero attached hydrogens (tertiary/aromatic N) is 4. The van der Waals surface area contributed by atoms with E-state index < -0.39 is 0 Å². The molecule has 0 radical (unpaired) electrons. The first-order chi connectivity index (χ1) is 20.3. The second kappa shape index (κ2) is 10.9. The molecule has 4 nitrogen and oxygen atoms in total. The Balaban J connectivity index is 0.00000288. The predicted octanol–water partition coefficient (Wildman–Crippen LogP) is 7.39. The average Bonchev–Trinajstić information content (AvgIpc) is 3.58. The fourth-order valence-electron chi connectivity index (χ4n) is 5.71. The molecule has 0 aliphatic heterocycles. The minimum atomic E-state index is 0. The van der Waals surface area contributed by atoms with Gasteiger partial charge < -0.3 is 9.13 Å². The van der Waals surface area contributed by atoms with Crippen LogP contribution >= 0.6 is 0 Å². The van der Waals surface area contributed by atoms with Gasteiger partial charge in [-0.3, -0.25) is 4.57 Å². The first-order valence-electron chi connectivity index (χ1n) is 13.7. The molecule has 5 aromatic carbocycles. The summed E-state index contributed by atoms with van der Waals surface area (Å²) in [4.78, 5) is 4.66. The summed E-state index contributed by atoms with van der Waals surface area (Å²) in [6, 6.07) is 51.3. The van der Waals surface area contributed by atoms with Crippen LogP contribution in [0.25, 0.3) is 50.0 Å². The van der Waals surface area contributed by atoms with Gasteiger partial charge in [0.2, 0.25) is 0 Å². The summed E-state index contributed by atoms with van der Waals surface area (Å²) in [7, 11) is 0. The first-order valence-corrected chi connectivity index (χ1v) is 13.7. The minimum Gasteiger partial charge on any atom is -0.319 e. The Labute approximate surface area is 258 Å². The van der Waals surface area contributed by atoms with Gasteiger partial charge in [0.25, 0.3) is 6.33 Å². The molecule has 0 aliphatic carbocycles. The summed E-state index contributed by atoms with van der Waals surface area (Å²) in [5, 5.41) is 2.37. The van der Waals surface area contributed by atoms with Crippen LogP contribution in [0.5, 0.6) is 0 Å². The smallest absolute Gasteiger partial charge is 0.268 e. The van der Waals surface area contributed by atoms with Gasteiger partial charge in [0.1, 0.15) is 5.82 Å². The van der Waals surface area contributed by atoms with E-state index in [2.05, 4.69) is 140 Å². The Morgan fingerprint density at radius 1 is 0.619 bits per heavy atom. The molecule has 3 heterocycles. The predicted molar refractivity (Wildman–Crippen MR) is 163 cm³/mol. The van der Waals surface area contributed by atoms with E-state index in [4.69, 9.17) is 0 Å². The summed E-state index contributed by atoms with van der Waals surface area (Å²) in [6.45, 7) is 0. The third-order valence-electron chi connectivity index (χ3n) is 7.56. The molecule has 0 saturated carbocycles. The molecule has 0 unspecified atom stereocenters. The molecular formula is C37H24N4Pt-2. The van der Waals surface area contributed by atoms with Crippen LogP contribution in [0.1, 0.15) is 11.1 Å². The van der Waals surface area contributed by atoms with Crippen molar-refractivity contribution in [2.75, 3.05) is 0 Å². The summed E-state index contributed by atoms with van der Waals surface area (Å²) < 4.78 is 6.41. The van der Waals surface area contributed by atoms with Crippen molar-refractivity contribution < 1.29 is 25.6 Å². The first kappa shape index (κ1) is 26.1. The molecule has 0 spiro atoms. The standard InChI is InChI=1S/C37H24N4.Pt/c1-2-12-29(13-3-1)39-26-40(35-18-7-6-17-34(35)39)30-14-10-11-27(24-30)23-28-20-21-32-31-15-4-5-16-33(31)41(36(32)25-28)37-19-8-9-22-38-37;/h1-22H,23H2;/q-2;. The normalized spacial score (nSPS) is 11.2. The molecule has 5 heteroatoms. The molecule has 0 amide bonds. The maximum absolute atomic E-state index is 4.66. The fraction of sp³-hybridized carbons (Fsp3) is 0.0270. The number of rotatable bonds is 5. The second-order valence-corrected chi connectivity index (χ2v) is 10.1. The zero-order valence-electron chi connectivity index (χ0n) is 22.5. The maximum atomic E-state index is 4.66. The largest absolute Gasteiger partial charge is 0.319 e. The van der Waals surface area contributed by atoms with Gasteiger partial charge >= 0.3 is 0 Å². The molecule has 0 atom stereocenters. The summed E-state index contributed by atoms with van der Waals surface area (Å²) in [5.41, 5.74) is 8.57. The molecule has 3 aromatic heterocycles. The Morgan fingerprint density at radius 2 is 1.38 bits per heavy atom. The van der Waals surface area contributed by atoms with Crippen LogP contribution in [-0.2, 0) is 27.5 Å². The Morgan fingerprint density at radius 3 is 2.24 bits per heavy atom. The van der Waals surface area contributed by atoms with E-state index in [-0.39, 0.29) is 21.1 Å². The van der Waals surface area contributed by atoms with Crippen molar-refractivity contribution in [3.05, 3.63) is 163 Å². The van der Waals surface area contributed by atoms with Gasteiger partial charge in [0.05, 0.1) is 16.7 Å². The molecule has 0 bridgehead atoms. The van der Waals surface area contributed by atoms with Crippen LogP contribution < -0.4 is 4.57 Å². The number of para-hydroxylation sites is 4. The van der Waals surface area contributed by atoms with E-state index in [9.17, 15) is 0 Å². The molecule has 0 fully saturated rings. The van der Waals surface area contributed by atoms with Crippen molar-refractivity contribution in [3.63, 3.8) is 0 Å². The number of hydrogen-bond acceptors (Lipinski definition) is 1. The van der Waals surface area contributed by atoms with E-state index in [1.807, 2.05) is 30.5 Å². The second-order valence-electron chi connectivity index (χ2n) is 10.1. The number of aromatic nitrogens is 4. The van der Waals surface area contributed by atoms with E-state index in [1.54, 1.807) is 0 Å². The topological polar surface area (TPSA) is 26.6 Å². The Kier molecular flexibility index (Phi) is 6.77. The van der Waals surface area contributed by atoms with Crippen LogP contribution in [0.15, 0.2) is 134 Å². The van der Waals surface area contributed by atoms with Crippen molar-refractivity contribution in [1.82, 2.24) is 14.1 Å². The molecular weight excluding hydrogens is 696 g/mol. The summed E-state index contributed by atoms with van der Waals surface area (Å²) in [5.74, 6) is 0.891. The molecule has 8 rings (SSSR count). The van der Waals surface area contributed by atoms with Crippen molar-refractivity contribution >= 4 is 32.8 Å². The van der Waals surface area contributed by atoms with Crippen molar-refractivity contribution in [2.24, 2.45) is 0 Å². The summed E-state index contributed by atoms with van der Waals surface area (Å²) in [6.07, 6.45) is 6.11. The van der Waals surface area contributed by atoms with Gasteiger partial charge in [0, 0.05) is 32.8 Å². The van der Waals surface area contributed by atoms with Gasteiger partial charge in [-0.25, -0.2) is 4.98 Å². The van der Waals surface area contributed by atoms with E-state index in [0.29, 0.717) is 6.42 Å². The van der Waals surface area contributed by atoms with Crippen LogP contribution in [0.2, 0.25) is 0 Å². The van der Waals surface area contributed by atoms with Crippen molar-refractivity contribution in [3.8, 4) is 17.2 Å². The Hall–Kier alpha value is -4.79.